The van der Waals surface area contributed by atoms with E-state index in [4.69, 9.17) is 4.74 Å². The van der Waals surface area contributed by atoms with Crippen molar-refractivity contribution in [2.24, 2.45) is 11.3 Å². The predicted octanol–water partition coefficient (Wildman–Crippen LogP) is 6.06. The van der Waals surface area contributed by atoms with E-state index in [1.54, 1.807) is 6.92 Å². The standard InChI is InChI=1S/C29H27F8NO6S/c1-25(24(40)41)10-8-16(9-11-25)23(39)38-13-12-26(45(42,43)19-5-3-18(30)4-6-19)20-7-2-17(14-21(20)44-15-22(26)38)27(31,28(32,33)34)29(35,36)37/h2-7,14,16,22H,8-13,15H2,1H3,(H,40,41). The minimum Gasteiger partial charge on any atom is -0.491 e. The van der Waals surface area contributed by atoms with Crippen molar-refractivity contribution in [1.29, 1.82) is 0 Å². The van der Waals surface area contributed by atoms with Crippen molar-refractivity contribution in [3.05, 3.63) is 59.4 Å². The van der Waals surface area contributed by atoms with Gasteiger partial charge in [0.2, 0.25) is 5.91 Å². The van der Waals surface area contributed by atoms with Crippen LogP contribution in [0.2, 0.25) is 0 Å². The number of carboxylic acid groups (broad SMARTS) is 1. The molecule has 0 spiro atoms. The number of carbonyl (C=O) groups excluding carboxylic acids is 1. The SMILES string of the molecule is CC1(C(=O)O)CCC(C(=O)N2CCC3(S(=O)(=O)c4ccc(F)cc4)c4ccc(C(F)(C(F)(F)F)C(F)(F)F)cc4OCC23)CC1. The topological polar surface area (TPSA) is 101 Å². The van der Waals surface area contributed by atoms with Crippen molar-refractivity contribution in [2.45, 2.75) is 72.7 Å². The third-order valence-corrected chi connectivity index (χ3v) is 12.0. The van der Waals surface area contributed by atoms with Gasteiger partial charge in [0.15, 0.2) is 9.84 Å². The Bertz CT molecular complexity index is 1600. The molecule has 2 aromatic rings. The number of aliphatic carboxylic acids is 1. The Hall–Kier alpha value is -3.43. The van der Waals surface area contributed by atoms with Crippen LogP contribution in [0.1, 0.15) is 50.2 Å². The lowest BCUT2D eigenvalue weighted by molar-refractivity contribution is -0.348. The number of nitrogens with zero attached hydrogens (tertiary/aromatic N) is 1. The molecule has 3 aliphatic rings. The first kappa shape index (κ1) is 32.9. The lowest BCUT2D eigenvalue weighted by Gasteiger charge is -2.43. The van der Waals surface area contributed by atoms with Crippen LogP contribution in [0.3, 0.4) is 0 Å². The third kappa shape index (κ3) is 4.85. The van der Waals surface area contributed by atoms with Crippen LogP contribution in [0, 0.1) is 17.2 Å². The quantitative estimate of drug-likeness (QED) is 0.307. The van der Waals surface area contributed by atoms with Gasteiger partial charge in [-0.1, -0.05) is 12.1 Å². The first-order valence-electron chi connectivity index (χ1n) is 13.8. The van der Waals surface area contributed by atoms with Crippen molar-refractivity contribution in [3.8, 4) is 5.75 Å². The molecule has 7 nitrogen and oxygen atoms in total. The van der Waals surface area contributed by atoms with E-state index in [0.29, 0.717) is 6.07 Å². The second kappa shape index (κ2) is 10.6. The number of benzene rings is 2. The molecule has 2 atom stereocenters. The molecule has 45 heavy (non-hydrogen) atoms. The molecule has 2 heterocycles. The highest BCUT2D eigenvalue weighted by atomic mass is 32.2. The molecule has 1 saturated heterocycles. The van der Waals surface area contributed by atoms with E-state index in [-0.39, 0.29) is 56.3 Å². The smallest absolute Gasteiger partial charge is 0.435 e. The molecule has 1 aliphatic carbocycles. The lowest BCUT2D eigenvalue weighted by atomic mass is 9.71. The van der Waals surface area contributed by atoms with E-state index in [0.717, 1.165) is 24.3 Å². The molecular weight excluding hydrogens is 642 g/mol. The van der Waals surface area contributed by atoms with Crippen LogP contribution in [-0.4, -0.2) is 61.8 Å². The second-order valence-corrected chi connectivity index (χ2v) is 14.2. The van der Waals surface area contributed by atoms with Crippen LogP contribution < -0.4 is 4.74 Å². The van der Waals surface area contributed by atoms with E-state index in [1.807, 2.05) is 0 Å². The van der Waals surface area contributed by atoms with E-state index in [2.05, 4.69) is 0 Å². The molecule has 16 heteroatoms. The van der Waals surface area contributed by atoms with Crippen LogP contribution >= 0.6 is 0 Å². The first-order chi connectivity index (χ1) is 20.7. The Balaban J connectivity index is 1.62. The Kier molecular flexibility index (Phi) is 7.73. The number of likely N-dealkylation sites (tertiary alicyclic amines) is 1. The fourth-order valence-electron chi connectivity index (χ4n) is 6.76. The van der Waals surface area contributed by atoms with Crippen molar-refractivity contribution in [1.82, 2.24) is 4.90 Å². The van der Waals surface area contributed by atoms with Gasteiger partial charge >= 0.3 is 24.0 Å². The average Bonchev–Trinajstić information content (AvgIpc) is 3.37. The zero-order valence-corrected chi connectivity index (χ0v) is 24.3. The summed E-state index contributed by atoms with van der Waals surface area (Å²) in [6, 6.07) is 3.27. The third-order valence-electron chi connectivity index (χ3n) is 9.49. The minimum absolute atomic E-state index is 0.168. The molecule has 246 valence electrons. The van der Waals surface area contributed by atoms with Crippen molar-refractivity contribution in [2.75, 3.05) is 13.2 Å². The molecule has 2 aliphatic heterocycles. The lowest BCUT2D eigenvalue weighted by Crippen LogP contribution is -2.56. The Morgan fingerprint density at radius 3 is 2.04 bits per heavy atom. The van der Waals surface area contributed by atoms with Crippen LogP contribution in [-0.2, 0) is 29.8 Å². The number of alkyl halides is 7. The van der Waals surface area contributed by atoms with Gasteiger partial charge in [-0.15, -0.1) is 0 Å². The maximum Gasteiger partial charge on any atom is 0.435 e. The highest BCUT2D eigenvalue weighted by molar-refractivity contribution is 7.92. The number of rotatable bonds is 5. The van der Waals surface area contributed by atoms with Crippen LogP contribution in [0.15, 0.2) is 47.4 Å². The summed E-state index contributed by atoms with van der Waals surface area (Å²) >= 11 is 0. The molecule has 2 unspecified atom stereocenters. The number of carbonyl (C=O) groups is 2. The molecular formula is C29H27F8NO6S. The highest BCUT2D eigenvalue weighted by Gasteiger charge is 2.74. The van der Waals surface area contributed by atoms with Gasteiger partial charge in [-0.25, -0.2) is 17.2 Å². The molecule has 2 fully saturated rings. The van der Waals surface area contributed by atoms with E-state index in [9.17, 15) is 58.2 Å². The minimum atomic E-state index is -6.43. The summed E-state index contributed by atoms with van der Waals surface area (Å²) in [7, 11) is -4.68. The van der Waals surface area contributed by atoms with Crippen LogP contribution in [0.5, 0.6) is 5.75 Å². The summed E-state index contributed by atoms with van der Waals surface area (Å²) in [5.74, 6) is -3.74. The fourth-order valence-corrected chi connectivity index (χ4v) is 9.04. The molecule has 2 aromatic carbocycles. The van der Waals surface area contributed by atoms with Gasteiger partial charge in [0.1, 0.15) is 22.9 Å². The molecule has 1 saturated carbocycles. The number of ether oxygens (including phenoxy) is 1. The monoisotopic (exact) mass is 669 g/mol. The van der Waals surface area contributed by atoms with Gasteiger partial charge in [-0.2, -0.15) is 26.3 Å². The Labute approximate surface area is 252 Å². The summed E-state index contributed by atoms with van der Waals surface area (Å²) in [5.41, 5.74) is -9.11. The Morgan fingerprint density at radius 2 is 1.51 bits per heavy atom. The van der Waals surface area contributed by atoms with E-state index < -0.39 is 90.5 Å². The molecule has 5 rings (SSSR count). The van der Waals surface area contributed by atoms with Crippen molar-refractivity contribution in [3.63, 3.8) is 0 Å². The molecule has 0 bridgehead atoms. The van der Waals surface area contributed by atoms with Crippen molar-refractivity contribution >= 4 is 21.7 Å². The Morgan fingerprint density at radius 1 is 0.933 bits per heavy atom. The van der Waals surface area contributed by atoms with Crippen molar-refractivity contribution < 1.29 is 63.0 Å². The average molecular weight is 670 g/mol. The summed E-state index contributed by atoms with van der Waals surface area (Å²) in [6.07, 6.45) is -12.5. The summed E-state index contributed by atoms with van der Waals surface area (Å²) in [6.45, 7) is 0.662. The van der Waals surface area contributed by atoms with Gasteiger partial charge in [0.05, 0.1) is 16.4 Å². The number of amides is 1. The number of halogens is 8. The van der Waals surface area contributed by atoms with Crippen LogP contribution in [0.25, 0.3) is 0 Å². The summed E-state index contributed by atoms with van der Waals surface area (Å²) < 4.78 is 142. The predicted molar refractivity (Wildman–Crippen MR) is 140 cm³/mol. The first-order valence-corrected chi connectivity index (χ1v) is 15.3. The zero-order chi connectivity index (χ0) is 33.4. The number of hydrogen-bond donors (Lipinski definition) is 1. The van der Waals surface area contributed by atoms with E-state index in [1.165, 1.54) is 4.90 Å². The normalized spacial score (nSPS) is 27.4. The van der Waals surface area contributed by atoms with Gasteiger partial charge in [0, 0.05) is 23.6 Å². The highest BCUT2D eigenvalue weighted by Crippen LogP contribution is 2.57. The number of carboxylic acids is 1. The van der Waals surface area contributed by atoms with E-state index >= 15 is 0 Å². The largest absolute Gasteiger partial charge is 0.491 e. The second-order valence-electron chi connectivity index (χ2n) is 12.0. The maximum absolute atomic E-state index is 14.9. The molecule has 1 N–H and O–H groups in total. The van der Waals surface area contributed by atoms with Gasteiger partial charge < -0.3 is 14.7 Å². The maximum atomic E-state index is 14.9. The van der Waals surface area contributed by atoms with Gasteiger partial charge in [-0.05, 0) is 69.4 Å². The number of hydrogen-bond acceptors (Lipinski definition) is 5. The molecule has 1 amide bonds. The molecule has 0 radical (unpaired) electrons. The summed E-state index contributed by atoms with van der Waals surface area (Å²) in [4.78, 5) is 26.3. The zero-order valence-electron chi connectivity index (χ0n) is 23.5. The van der Waals surface area contributed by atoms with Crippen LogP contribution in [0.4, 0.5) is 35.1 Å². The van der Waals surface area contributed by atoms with Gasteiger partial charge in [0.25, 0.3) is 0 Å². The molecule has 0 aromatic heterocycles. The summed E-state index contributed by atoms with van der Waals surface area (Å²) in [5, 5.41) is 9.54. The van der Waals surface area contributed by atoms with Gasteiger partial charge in [-0.3, -0.25) is 9.59 Å². The number of fused-ring (bicyclic) bond motifs is 3. The fraction of sp³-hybridized carbons (Fsp3) is 0.517. The number of sulfone groups is 1.